The average Bonchev–Trinajstić information content (AvgIpc) is 3.08. The molecule has 2 heteroatoms. The Bertz CT molecular complexity index is 417. The lowest BCUT2D eigenvalue weighted by Gasteiger charge is -2.33. The van der Waals surface area contributed by atoms with Gasteiger partial charge in [-0.2, -0.15) is 0 Å². The van der Waals surface area contributed by atoms with Crippen LogP contribution in [0, 0.1) is 0 Å². The Kier molecular flexibility index (Phi) is 2.72. The predicted molar refractivity (Wildman–Crippen MR) is 69.1 cm³/mol. The van der Waals surface area contributed by atoms with Gasteiger partial charge in [-0.1, -0.05) is 31.2 Å². The smallest absolute Gasteiger partial charge is 0.0723 e. The molecule has 1 heterocycles. The van der Waals surface area contributed by atoms with Crippen molar-refractivity contribution >= 4 is 0 Å². The van der Waals surface area contributed by atoms with Crippen LogP contribution < -0.4 is 5.32 Å². The Morgan fingerprint density at radius 3 is 3.06 bits per heavy atom. The van der Waals surface area contributed by atoms with E-state index in [2.05, 4.69) is 43.4 Å². The van der Waals surface area contributed by atoms with Crippen molar-refractivity contribution in [1.29, 1.82) is 0 Å². The molecule has 0 saturated heterocycles. The second kappa shape index (κ2) is 4.11. The van der Waals surface area contributed by atoms with Crippen molar-refractivity contribution in [3.8, 4) is 0 Å². The van der Waals surface area contributed by atoms with E-state index in [0.29, 0.717) is 12.1 Å². The lowest BCUT2D eigenvalue weighted by atomic mass is 9.84. The number of rotatable bonds is 3. The van der Waals surface area contributed by atoms with Crippen molar-refractivity contribution in [2.24, 2.45) is 0 Å². The molecular weight excluding hydrogens is 210 g/mol. The second-order valence-electron chi connectivity index (χ2n) is 5.36. The number of fused-ring (bicyclic) bond motifs is 2. The summed E-state index contributed by atoms with van der Waals surface area (Å²) in [6.45, 7) is 6.33. The van der Waals surface area contributed by atoms with Crippen LogP contribution >= 0.6 is 0 Å². The van der Waals surface area contributed by atoms with Gasteiger partial charge in [0, 0.05) is 11.5 Å². The molecule has 17 heavy (non-hydrogen) atoms. The van der Waals surface area contributed by atoms with E-state index < -0.39 is 0 Å². The summed E-state index contributed by atoms with van der Waals surface area (Å²) in [4.78, 5) is 0. The molecule has 3 rings (SSSR count). The minimum atomic E-state index is 0.254. The first kappa shape index (κ1) is 11.2. The van der Waals surface area contributed by atoms with Crippen LogP contribution in [0.15, 0.2) is 24.3 Å². The largest absolute Gasteiger partial charge is 0.373 e. The molecule has 2 aliphatic rings. The molecule has 0 aromatic heterocycles. The van der Waals surface area contributed by atoms with Crippen molar-refractivity contribution in [1.82, 2.24) is 5.32 Å². The molecule has 3 unspecified atom stereocenters. The maximum atomic E-state index is 5.95. The maximum absolute atomic E-state index is 5.95. The normalized spacial score (nSPS) is 34.7. The lowest BCUT2D eigenvalue weighted by molar-refractivity contribution is 0.00909. The summed E-state index contributed by atoms with van der Waals surface area (Å²) >= 11 is 0. The summed E-state index contributed by atoms with van der Waals surface area (Å²) in [5.74, 6) is 0. The van der Waals surface area contributed by atoms with Crippen LogP contribution in [0.2, 0.25) is 0 Å². The Balaban J connectivity index is 1.90. The van der Waals surface area contributed by atoms with Gasteiger partial charge in [0.15, 0.2) is 0 Å². The lowest BCUT2D eigenvalue weighted by Crippen LogP contribution is -2.38. The Morgan fingerprint density at radius 2 is 2.24 bits per heavy atom. The van der Waals surface area contributed by atoms with Gasteiger partial charge in [-0.25, -0.2) is 0 Å². The van der Waals surface area contributed by atoms with E-state index in [1.165, 1.54) is 24.0 Å². The fourth-order valence-electron chi connectivity index (χ4n) is 3.28. The van der Waals surface area contributed by atoms with E-state index >= 15 is 0 Å². The summed E-state index contributed by atoms with van der Waals surface area (Å²) in [7, 11) is 0. The van der Waals surface area contributed by atoms with E-state index in [1.807, 2.05) is 0 Å². The summed E-state index contributed by atoms with van der Waals surface area (Å²) in [5.41, 5.74) is 3.16. The number of benzene rings is 1. The molecule has 1 aliphatic heterocycles. The third-order valence-electron chi connectivity index (χ3n) is 4.38. The van der Waals surface area contributed by atoms with Gasteiger partial charge in [0.25, 0.3) is 0 Å². The molecule has 1 fully saturated rings. The summed E-state index contributed by atoms with van der Waals surface area (Å²) in [6, 6.07) is 9.38. The average molecular weight is 231 g/mol. The van der Waals surface area contributed by atoms with Crippen LogP contribution in [0.1, 0.15) is 37.8 Å². The van der Waals surface area contributed by atoms with Crippen LogP contribution in [0.4, 0.5) is 0 Å². The van der Waals surface area contributed by atoms with E-state index in [9.17, 15) is 0 Å². The van der Waals surface area contributed by atoms with Gasteiger partial charge in [0.2, 0.25) is 0 Å². The summed E-state index contributed by atoms with van der Waals surface area (Å²) < 4.78 is 5.95. The first-order valence-electron chi connectivity index (χ1n) is 6.72. The quantitative estimate of drug-likeness (QED) is 0.863. The molecule has 0 amide bonds. The zero-order valence-electron chi connectivity index (χ0n) is 10.7. The molecule has 0 radical (unpaired) electrons. The van der Waals surface area contributed by atoms with Crippen molar-refractivity contribution < 1.29 is 4.74 Å². The Hall–Kier alpha value is -0.860. The molecule has 1 aromatic rings. The highest BCUT2D eigenvalue weighted by molar-refractivity contribution is 5.45. The van der Waals surface area contributed by atoms with Crippen LogP contribution in [-0.4, -0.2) is 18.7 Å². The van der Waals surface area contributed by atoms with Crippen LogP contribution in [0.5, 0.6) is 0 Å². The number of hydrogen-bond donors (Lipinski definition) is 1. The zero-order chi connectivity index (χ0) is 11.9. The van der Waals surface area contributed by atoms with Crippen molar-refractivity contribution in [3.05, 3.63) is 35.4 Å². The topological polar surface area (TPSA) is 21.3 Å². The molecular formula is C15H21NO. The first-order valence-corrected chi connectivity index (χ1v) is 6.72. The Labute approximate surface area is 103 Å². The molecule has 0 bridgehead atoms. The molecule has 1 spiro atoms. The van der Waals surface area contributed by atoms with Crippen LogP contribution in [0.25, 0.3) is 0 Å². The highest BCUT2D eigenvalue weighted by Gasteiger charge is 2.61. The molecule has 2 nitrogen and oxygen atoms in total. The fraction of sp³-hybridized carbons (Fsp3) is 0.600. The highest BCUT2D eigenvalue weighted by Crippen LogP contribution is 2.55. The minimum absolute atomic E-state index is 0.254. The molecule has 3 atom stereocenters. The third kappa shape index (κ3) is 1.62. The molecule has 92 valence electrons. The molecule has 1 saturated carbocycles. The highest BCUT2D eigenvalue weighted by atomic mass is 16.5. The molecule has 1 aromatic carbocycles. The van der Waals surface area contributed by atoms with E-state index in [1.54, 1.807) is 0 Å². The van der Waals surface area contributed by atoms with Gasteiger partial charge in [-0.05, 0) is 37.4 Å². The summed E-state index contributed by atoms with van der Waals surface area (Å²) in [5, 5.41) is 3.66. The van der Waals surface area contributed by atoms with Crippen molar-refractivity contribution in [2.75, 3.05) is 6.54 Å². The second-order valence-corrected chi connectivity index (χ2v) is 5.36. The number of ether oxygens (including phenoxy) is 1. The monoisotopic (exact) mass is 231 g/mol. The van der Waals surface area contributed by atoms with Gasteiger partial charge in [-0.15, -0.1) is 0 Å². The van der Waals surface area contributed by atoms with E-state index in [0.717, 1.165) is 13.2 Å². The third-order valence-corrected chi connectivity index (χ3v) is 4.38. The van der Waals surface area contributed by atoms with Crippen molar-refractivity contribution in [3.63, 3.8) is 0 Å². The zero-order valence-corrected chi connectivity index (χ0v) is 10.7. The fourth-order valence-corrected chi connectivity index (χ4v) is 3.28. The number of nitrogens with one attached hydrogen (secondary N) is 1. The molecule has 1 aliphatic carbocycles. The predicted octanol–water partition coefficient (Wildman–Crippen LogP) is 2.62. The SMILES string of the molecule is CCCNC1CC12c1ccccc1COC2C. The number of hydrogen-bond acceptors (Lipinski definition) is 2. The van der Waals surface area contributed by atoms with Crippen LogP contribution in [-0.2, 0) is 16.8 Å². The van der Waals surface area contributed by atoms with Gasteiger partial charge >= 0.3 is 0 Å². The van der Waals surface area contributed by atoms with E-state index in [4.69, 9.17) is 4.74 Å². The van der Waals surface area contributed by atoms with Crippen LogP contribution in [0.3, 0.4) is 0 Å². The minimum Gasteiger partial charge on any atom is -0.373 e. The first-order chi connectivity index (χ1) is 8.29. The van der Waals surface area contributed by atoms with Gasteiger partial charge in [0.1, 0.15) is 0 Å². The van der Waals surface area contributed by atoms with Gasteiger partial charge in [-0.3, -0.25) is 0 Å². The van der Waals surface area contributed by atoms with Crippen molar-refractivity contribution in [2.45, 2.75) is 50.9 Å². The molecule has 1 N–H and O–H groups in total. The standard InChI is InChI=1S/C15H21NO/c1-3-8-16-14-9-15(14)11(2)17-10-12-6-4-5-7-13(12)15/h4-7,11,14,16H,3,8-10H2,1-2H3. The maximum Gasteiger partial charge on any atom is 0.0723 e. The Morgan fingerprint density at radius 1 is 1.41 bits per heavy atom. The van der Waals surface area contributed by atoms with E-state index in [-0.39, 0.29) is 5.41 Å². The van der Waals surface area contributed by atoms with Gasteiger partial charge in [0.05, 0.1) is 12.7 Å². The van der Waals surface area contributed by atoms with Gasteiger partial charge < -0.3 is 10.1 Å². The summed E-state index contributed by atoms with van der Waals surface area (Å²) in [6.07, 6.45) is 2.76.